The standard InChI is InChI=1S/C22H26ClF3N4O/c1-31-20-11-10-16(23)12-19(20)30-21(29-18-5-3-2-4-17(18)27)28-13-14-6-8-15(9-7-14)22(24,25)26/h6-12,17-18H,2-5,13,27H2,1H3,(H2,28,29,30)/t17-,18-/m0/s1. The van der Waals surface area contributed by atoms with Crippen LogP contribution in [0.1, 0.15) is 36.8 Å². The molecule has 5 nitrogen and oxygen atoms in total. The molecule has 0 amide bonds. The van der Waals surface area contributed by atoms with E-state index >= 15 is 0 Å². The zero-order valence-corrected chi connectivity index (χ0v) is 17.9. The van der Waals surface area contributed by atoms with Crippen LogP contribution in [-0.2, 0) is 12.7 Å². The summed E-state index contributed by atoms with van der Waals surface area (Å²) in [5.74, 6) is 1.05. The number of hydrogen-bond donors (Lipinski definition) is 3. The average Bonchev–Trinajstić information content (AvgIpc) is 2.73. The first-order chi connectivity index (χ1) is 14.8. The number of aliphatic imine (C=N–C) groups is 1. The maximum absolute atomic E-state index is 12.8. The number of rotatable bonds is 5. The van der Waals surface area contributed by atoms with E-state index in [4.69, 9.17) is 22.1 Å². The molecule has 2 aromatic carbocycles. The maximum atomic E-state index is 12.8. The van der Waals surface area contributed by atoms with Gasteiger partial charge in [0.15, 0.2) is 5.96 Å². The minimum atomic E-state index is -4.36. The Bertz CT molecular complexity index is 903. The molecule has 0 radical (unpaired) electrons. The first kappa shape index (κ1) is 23.2. The Labute approximate surface area is 184 Å². The number of benzene rings is 2. The number of nitrogens with two attached hydrogens (primary N) is 1. The van der Waals surface area contributed by atoms with Crippen LogP contribution < -0.4 is 21.1 Å². The second-order valence-electron chi connectivity index (χ2n) is 7.53. The number of hydrogen-bond acceptors (Lipinski definition) is 3. The van der Waals surface area contributed by atoms with Crippen LogP contribution in [0, 0.1) is 0 Å². The van der Waals surface area contributed by atoms with E-state index in [-0.39, 0.29) is 18.6 Å². The van der Waals surface area contributed by atoms with Crippen LogP contribution in [-0.4, -0.2) is 25.2 Å². The molecule has 1 aliphatic carbocycles. The largest absolute Gasteiger partial charge is 0.495 e. The molecule has 2 atom stereocenters. The van der Waals surface area contributed by atoms with E-state index in [1.165, 1.54) is 12.1 Å². The van der Waals surface area contributed by atoms with Gasteiger partial charge in [-0.15, -0.1) is 0 Å². The van der Waals surface area contributed by atoms with Gasteiger partial charge in [-0.3, -0.25) is 0 Å². The van der Waals surface area contributed by atoms with Gasteiger partial charge in [0, 0.05) is 17.1 Å². The quantitative estimate of drug-likeness (QED) is 0.429. The van der Waals surface area contributed by atoms with Gasteiger partial charge in [0.05, 0.1) is 24.9 Å². The molecule has 0 spiro atoms. The van der Waals surface area contributed by atoms with Gasteiger partial charge in [-0.2, -0.15) is 13.2 Å². The highest BCUT2D eigenvalue weighted by Gasteiger charge is 2.30. The Balaban J connectivity index is 1.81. The van der Waals surface area contributed by atoms with Crippen molar-refractivity contribution < 1.29 is 17.9 Å². The lowest BCUT2D eigenvalue weighted by atomic mass is 9.91. The van der Waals surface area contributed by atoms with Crippen molar-refractivity contribution in [3.63, 3.8) is 0 Å². The van der Waals surface area contributed by atoms with E-state index in [1.54, 1.807) is 25.3 Å². The van der Waals surface area contributed by atoms with Crippen molar-refractivity contribution in [3.8, 4) is 5.75 Å². The summed E-state index contributed by atoms with van der Waals surface area (Å²) in [7, 11) is 1.55. The Kier molecular flexibility index (Phi) is 7.67. The molecule has 168 valence electrons. The van der Waals surface area contributed by atoms with Crippen molar-refractivity contribution in [1.29, 1.82) is 0 Å². The number of alkyl halides is 3. The van der Waals surface area contributed by atoms with Gasteiger partial charge in [0.1, 0.15) is 5.75 Å². The molecule has 1 saturated carbocycles. The summed E-state index contributed by atoms with van der Waals surface area (Å²) < 4.78 is 43.8. The fourth-order valence-corrected chi connectivity index (χ4v) is 3.68. The van der Waals surface area contributed by atoms with E-state index in [9.17, 15) is 13.2 Å². The fourth-order valence-electron chi connectivity index (χ4n) is 3.51. The Morgan fingerprint density at radius 3 is 2.52 bits per heavy atom. The molecule has 2 aromatic rings. The lowest BCUT2D eigenvalue weighted by Crippen LogP contribution is -2.51. The summed E-state index contributed by atoms with van der Waals surface area (Å²) in [6.07, 6.45) is -0.375. The van der Waals surface area contributed by atoms with E-state index < -0.39 is 11.7 Å². The highest BCUT2D eigenvalue weighted by Crippen LogP contribution is 2.30. The van der Waals surface area contributed by atoms with E-state index in [1.807, 2.05) is 0 Å². The molecule has 0 bridgehead atoms. The Hall–Kier alpha value is -2.45. The second kappa shape index (κ2) is 10.2. The molecule has 4 N–H and O–H groups in total. The van der Waals surface area contributed by atoms with E-state index in [2.05, 4.69) is 15.6 Å². The number of methoxy groups -OCH3 is 1. The normalized spacial score (nSPS) is 19.7. The summed E-state index contributed by atoms with van der Waals surface area (Å²) in [6, 6.07) is 10.2. The van der Waals surface area contributed by atoms with Crippen molar-refractivity contribution in [3.05, 3.63) is 58.6 Å². The molecule has 0 unspecified atom stereocenters. The second-order valence-corrected chi connectivity index (χ2v) is 7.96. The highest BCUT2D eigenvalue weighted by atomic mass is 35.5. The van der Waals surface area contributed by atoms with Gasteiger partial charge in [-0.25, -0.2) is 4.99 Å². The smallest absolute Gasteiger partial charge is 0.416 e. The lowest BCUT2D eigenvalue weighted by Gasteiger charge is -2.31. The zero-order chi connectivity index (χ0) is 22.4. The molecule has 0 saturated heterocycles. The van der Waals surface area contributed by atoms with Crippen molar-refractivity contribution >= 4 is 23.2 Å². The molecular formula is C22H26ClF3N4O. The molecule has 0 aromatic heterocycles. The first-order valence-electron chi connectivity index (χ1n) is 10.1. The van der Waals surface area contributed by atoms with Crippen LogP contribution in [0.5, 0.6) is 5.75 Å². The molecule has 1 aliphatic rings. The average molecular weight is 455 g/mol. The van der Waals surface area contributed by atoms with Gasteiger partial charge in [0.25, 0.3) is 0 Å². The molecule has 31 heavy (non-hydrogen) atoms. The van der Waals surface area contributed by atoms with Crippen LogP contribution >= 0.6 is 11.6 Å². The molecule has 3 rings (SSSR count). The van der Waals surface area contributed by atoms with Crippen LogP contribution in [0.4, 0.5) is 18.9 Å². The van der Waals surface area contributed by atoms with Crippen molar-refractivity contribution in [2.24, 2.45) is 10.7 Å². The Morgan fingerprint density at radius 1 is 1.16 bits per heavy atom. The number of ether oxygens (including phenoxy) is 1. The molecule has 0 heterocycles. The molecule has 0 aliphatic heterocycles. The highest BCUT2D eigenvalue weighted by molar-refractivity contribution is 6.31. The number of anilines is 1. The van der Waals surface area contributed by atoms with Crippen LogP contribution in [0.15, 0.2) is 47.5 Å². The monoisotopic (exact) mass is 454 g/mol. The minimum Gasteiger partial charge on any atom is -0.495 e. The third-order valence-electron chi connectivity index (χ3n) is 5.26. The van der Waals surface area contributed by atoms with Crippen molar-refractivity contribution in [1.82, 2.24) is 5.32 Å². The van der Waals surface area contributed by atoms with Crippen LogP contribution in [0.3, 0.4) is 0 Å². The SMILES string of the molecule is COc1ccc(Cl)cc1NC(=NCc1ccc(C(F)(F)F)cc1)N[C@H]1CCCC[C@@H]1N. The number of halogens is 4. The number of nitrogens with one attached hydrogen (secondary N) is 2. The summed E-state index contributed by atoms with van der Waals surface area (Å²) in [4.78, 5) is 4.57. The van der Waals surface area contributed by atoms with E-state index in [0.717, 1.165) is 37.8 Å². The van der Waals surface area contributed by atoms with Gasteiger partial charge < -0.3 is 21.1 Å². The third-order valence-corrected chi connectivity index (χ3v) is 5.49. The minimum absolute atomic E-state index is 0.00641. The van der Waals surface area contributed by atoms with Crippen LogP contribution in [0.25, 0.3) is 0 Å². The van der Waals surface area contributed by atoms with Gasteiger partial charge in [-0.1, -0.05) is 36.6 Å². The van der Waals surface area contributed by atoms with Gasteiger partial charge >= 0.3 is 6.18 Å². The maximum Gasteiger partial charge on any atom is 0.416 e. The summed E-state index contributed by atoms with van der Waals surface area (Å²) in [5.41, 5.74) is 6.86. The van der Waals surface area contributed by atoms with Crippen molar-refractivity contribution in [2.75, 3.05) is 12.4 Å². The van der Waals surface area contributed by atoms with Gasteiger partial charge in [0.2, 0.25) is 0 Å². The third kappa shape index (κ3) is 6.51. The number of nitrogens with zero attached hydrogens (tertiary/aromatic N) is 1. The molecule has 9 heteroatoms. The summed E-state index contributed by atoms with van der Waals surface area (Å²) in [5, 5.41) is 7.10. The topological polar surface area (TPSA) is 71.7 Å². The predicted octanol–water partition coefficient (Wildman–Crippen LogP) is 5.20. The summed E-state index contributed by atoms with van der Waals surface area (Å²) >= 11 is 6.13. The Morgan fingerprint density at radius 2 is 1.87 bits per heavy atom. The van der Waals surface area contributed by atoms with Crippen molar-refractivity contribution in [2.45, 2.75) is 50.5 Å². The van der Waals surface area contributed by atoms with E-state index in [0.29, 0.717) is 28.0 Å². The van der Waals surface area contributed by atoms with Gasteiger partial charge in [-0.05, 0) is 48.7 Å². The van der Waals surface area contributed by atoms with Crippen LogP contribution in [0.2, 0.25) is 5.02 Å². The molecule has 1 fully saturated rings. The number of guanidine groups is 1. The summed E-state index contributed by atoms with van der Waals surface area (Å²) in [6.45, 7) is 0.193. The fraction of sp³-hybridized carbons (Fsp3) is 0.409. The molecular weight excluding hydrogens is 429 g/mol. The zero-order valence-electron chi connectivity index (χ0n) is 17.2. The predicted molar refractivity (Wildman–Crippen MR) is 118 cm³/mol. The lowest BCUT2D eigenvalue weighted by molar-refractivity contribution is -0.137. The first-order valence-corrected chi connectivity index (χ1v) is 10.5.